The minimum atomic E-state index is -4.49. The van der Waals surface area contributed by atoms with Crippen LogP contribution in [-0.4, -0.2) is 50.7 Å². The Morgan fingerprint density at radius 1 is 1.05 bits per heavy atom. The second-order valence-corrected chi connectivity index (χ2v) is 9.15. The third kappa shape index (κ3) is 6.43. The van der Waals surface area contributed by atoms with Gasteiger partial charge in [-0.3, -0.25) is 24.4 Å². The second-order valence-electron chi connectivity index (χ2n) is 9.15. The second kappa shape index (κ2) is 12.2. The maximum absolute atomic E-state index is 13.2. The number of hydrogen-bond donors (Lipinski definition) is 3. The summed E-state index contributed by atoms with van der Waals surface area (Å²) in [5.74, 6) is -1.21. The number of anilines is 1. The average Bonchev–Trinajstić information content (AvgIpc) is 3.51. The Morgan fingerprint density at radius 3 is 2.38 bits per heavy atom. The smallest absolute Gasteiger partial charge is 0.416 e. The van der Waals surface area contributed by atoms with Gasteiger partial charge in [-0.1, -0.05) is 12.2 Å². The molecule has 0 aliphatic carbocycles. The molecule has 4 rings (SSSR count). The van der Waals surface area contributed by atoms with Crippen molar-refractivity contribution < 1.29 is 32.3 Å². The van der Waals surface area contributed by atoms with Gasteiger partial charge >= 0.3 is 6.18 Å². The molecule has 0 saturated heterocycles. The van der Waals surface area contributed by atoms with Crippen LogP contribution in [0.1, 0.15) is 49.4 Å². The molecule has 0 aliphatic heterocycles. The van der Waals surface area contributed by atoms with Crippen LogP contribution in [0.5, 0.6) is 5.75 Å². The molecule has 0 unspecified atom stereocenters. The molecule has 0 radical (unpaired) electrons. The topological polar surface area (TPSA) is 146 Å². The van der Waals surface area contributed by atoms with Gasteiger partial charge in [-0.05, 0) is 56.3 Å². The van der Waals surface area contributed by atoms with E-state index in [1.165, 1.54) is 19.2 Å². The van der Waals surface area contributed by atoms with Gasteiger partial charge in [0.1, 0.15) is 17.0 Å². The predicted molar refractivity (Wildman–Crippen MR) is 148 cm³/mol. The number of amides is 3. The van der Waals surface area contributed by atoms with Crippen LogP contribution in [0.2, 0.25) is 0 Å². The highest BCUT2D eigenvalue weighted by Crippen LogP contribution is 2.31. The Morgan fingerprint density at radius 2 is 1.76 bits per heavy atom. The molecule has 0 bridgehead atoms. The van der Waals surface area contributed by atoms with Gasteiger partial charge in [-0.25, -0.2) is 4.98 Å². The van der Waals surface area contributed by atoms with Crippen molar-refractivity contribution in [1.82, 2.24) is 24.6 Å². The normalized spacial score (nSPS) is 11.7. The number of imidazole rings is 1. The molecule has 2 aromatic carbocycles. The van der Waals surface area contributed by atoms with Crippen LogP contribution >= 0.6 is 0 Å². The Balaban J connectivity index is 1.56. The van der Waals surface area contributed by atoms with Crippen molar-refractivity contribution in [3.63, 3.8) is 0 Å². The molecular formula is C28H28F3N7O4. The van der Waals surface area contributed by atoms with Crippen LogP contribution in [0.4, 0.5) is 19.1 Å². The Bertz CT molecular complexity index is 1670. The highest BCUT2D eigenvalue weighted by molar-refractivity contribution is 6.04. The maximum atomic E-state index is 13.2. The van der Waals surface area contributed by atoms with Gasteiger partial charge in [0, 0.05) is 30.8 Å². The Kier molecular flexibility index (Phi) is 8.64. The minimum absolute atomic E-state index is 0.0755. The third-order valence-corrected chi connectivity index (χ3v) is 6.28. The first kappa shape index (κ1) is 29.8. The number of methoxy groups -OCH3 is 1. The van der Waals surface area contributed by atoms with Gasteiger partial charge in [-0.2, -0.15) is 18.3 Å². The van der Waals surface area contributed by atoms with Gasteiger partial charge in [0.15, 0.2) is 0 Å². The summed E-state index contributed by atoms with van der Waals surface area (Å²) < 4.78 is 47.0. The molecule has 0 aliphatic rings. The zero-order valence-electron chi connectivity index (χ0n) is 23.0. The number of benzene rings is 2. The molecular weight excluding hydrogens is 555 g/mol. The van der Waals surface area contributed by atoms with E-state index in [0.29, 0.717) is 34.7 Å². The lowest BCUT2D eigenvalue weighted by atomic mass is 10.1. The molecule has 14 heteroatoms. The van der Waals surface area contributed by atoms with Crippen molar-refractivity contribution in [2.45, 2.75) is 33.1 Å². The number of fused-ring (bicyclic) bond motifs is 1. The summed E-state index contributed by atoms with van der Waals surface area (Å²) in [5.41, 5.74) is 6.71. The summed E-state index contributed by atoms with van der Waals surface area (Å²) in [7, 11) is 1.42. The lowest BCUT2D eigenvalue weighted by Crippen LogP contribution is -2.23. The number of halogens is 3. The van der Waals surface area contributed by atoms with E-state index in [0.717, 1.165) is 24.3 Å². The first-order valence-electron chi connectivity index (χ1n) is 12.8. The van der Waals surface area contributed by atoms with Crippen molar-refractivity contribution in [1.29, 1.82) is 0 Å². The van der Waals surface area contributed by atoms with Crippen LogP contribution in [0, 0.1) is 6.92 Å². The molecule has 4 N–H and O–H groups in total. The summed E-state index contributed by atoms with van der Waals surface area (Å²) in [5, 5.41) is 9.71. The zero-order chi connectivity index (χ0) is 30.6. The van der Waals surface area contributed by atoms with Gasteiger partial charge in [-0.15, -0.1) is 0 Å². The Hall–Kier alpha value is -5.14. The van der Waals surface area contributed by atoms with E-state index in [2.05, 4.69) is 20.7 Å². The number of carbonyl (C=O) groups is 3. The van der Waals surface area contributed by atoms with Gasteiger partial charge in [0.25, 0.3) is 11.8 Å². The number of carbonyl (C=O) groups excluding carboxylic acids is 3. The average molecular weight is 584 g/mol. The van der Waals surface area contributed by atoms with Gasteiger partial charge < -0.3 is 20.4 Å². The van der Waals surface area contributed by atoms with E-state index in [-0.39, 0.29) is 30.2 Å². The van der Waals surface area contributed by atoms with Crippen LogP contribution in [0.25, 0.3) is 11.0 Å². The van der Waals surface area contributed by atoms with Crippen molar-refractivity contribution in [3.8, 4) is 5.75 Å². The molecule has 2 aromatic heterocycles. The summed E-state index contributed by atoms with van der Waals surface area (Å²) >= 11 is 0. The molecule has 2 heterocycles. The Labute approximate surface area is 238 Å². The van der Waals surface area contributed by atoms with Crippen molar-refractivity contribution in [3.05, 3.63) is 82.7 Å². The number of nitrogens with two attached hydrogens (primary N) is 1. The van der Waals surface area contributed by atoms with E-state index in [1.807, 2.05) is 6.92 Å². The molecule has 0 fully saturated rings. The fraction of sp³-hybridized carbons (Fsp3) is 0.250. The number of primary amides is 1. The quantitative estimate of drug-likeness (QED) is 0.241. The minimum Gasteiger partial charge on any atom is -0.494 e. The van der Waals surface area contributed by atoms with Crippen LogP contribution in [0.15, 0.2) is 54.6 Å². The molecule has 3 amide bonds. The molecule has 0 atom stereocenters. The fourth-order valence-electron chi connectivity index (χ4n) is 4.26. The van der Waals surface area contributed by atoms with E-state index in [1.54, 1.807) is 34.4 Å². The lowest BCUT2D eigenvalue weighted by Gasteiger charge is -2.11. The fourth-order valence-corrected chi connectivity index (χ4v) is 4.26. The number of alkyl halides is 3. The number of ether oxygens (including phenoxy) is 1. The first-order valence-corrected chi connectivity index (χ1v) is 12.8. The third-order valence-electron chi connectivity index (χ3n) is 6.28. The van der Waals surface area contributed by atoms with Crippen molar-refractivity contribution in [2.24, 2.45) is 5.73 Å². The number of rotatable bonds is 10. The summed E-state index contributed by atoms with van der Waals surface area (Å²) in [6, 6.07) is 8.50. The summed E-state index contributed by atoms with van der Waals surface area (Å²) in [6.45, 7) is 4.35. The monoisotopic (exact) mass is 583 g/mol. The number of aryl methyl sites for hydroxylation is 2. The summed E-state index contributed by atoms with van der Waals surface area (Å²) in [4.78, 5) is 41.9. The van der Waals surface area contributed by atoms with Gasteiger partial charge in [0.05, 0.1) is 23.9 Å². The van der Waals surface area contributed by atoms with Crippen LogP contribution < -0.4 is 21.1 Å². The molecule has 0 saturated carbocycles. The van der Waals surface area contributed by atoms with Crippen molar-refractivity contribution >= 4 is 34.7 Å². The zero-order valence-corrected chi connectivity index (χ0v) is 23.0. The largest absolute Gasteiger partial charge is 0.494 e. The number of aromatic nitrogens is 4. The molecule has 11 nitrogen and oxygen atoms in total. The molecule has 220 valence electrons. The molecule has 4 aromatic rings. The lowest BCUT2D eigenvalue weighted by molar-refractivity contribution is -0.137. The number of hydrogen-bond acceptors (Lipinski definition) is 6. The number of nitrogens with zero attached hydrogens (tertiary/aromatic N) is 4. The molecule has 42 heavy (non-hydrogen) atoms. The van der Waals surface area contributed by atoms with Crippen LogP contribution in [0.3, 0.4) is 0 Å². The predicted octanol–water partition coefficient (Wildman–Crippen LogP) is 3.93. The van der Waals surface area contributed by atoms with E-state index >= 15 is 0 Å². The van der Waals surface area contributed by atoms with E-state index < -0.39 is 29.5 Å². The van der Waals surface area contributed by atoms with Gasteiger partial charge in [0.2, 0.25) is 11.9 Å². The highest BCUT2D eigenvalue weighted by atomic mass is 19.4. The number of allylic oxidation sites excluding steroid dienone is 1. The van der Waals surface area contributed by atoms with Crippen LogP contribution in [-0.2, 0) is 19.3 Å². The maximum Gasteiger partial charge on any atom is 0.416 e. The first-order chi connectivity index (χ1) is 19.9. The van der Waals surface area contributed by atoms with Crippen molar-refractivity contribution in [2.75, 3.05) is 19.0 Å². The molecule has 0 spiro atoms. The van der Waals surface area contributed by atoms with E-state index in [9.17, 15) is 27.6 Å². The van der Waals surface area contributed by atoms with E-state index in [4.69, 9.17) is 10.5 Å². The SMILES string of the molecule is CCn1nc(C)cc1C(=O)Nc1nc2cc(C(N)=O)cc(OC)c2n1C/C=C/CNC(=O)c1ccc(C(F)(F)F)cc1. The summed E-state index contributed by atoms with van der Waals surface area (Å²) in [6.07, 6.45) is -1.15. The highest BCUT2D eigenvalue weighted by Gasteiger charge is 2.30. The standard InChI is InChI=1S/C28H28F3N7O4/c1-4-38-21(13-16(2)36-38)26(41)35-27-34-20-14-18(24(32)39)15-22(42-3)23(20)37(27)12-6-5-11-33-25(40)17-7-9-19(10-8-17)28(29,30)31/h5-10,13-15H,4,11-12H2,1-3H3,(H2,32,39)(H,33,40)(H,34,35,41)/b6-5+. The number of nitrogens with one attached hydrogen (secondary N) is 2.